The summed E-state index contributed by atoms with van der Waals surface area (Å²) >= 11 is 0. The van der Waals surface area contributed by atoms with Crippen molar-refractivity contribution in [3.8, 4) is 0 Å². The summed E-state index contributed by atoms with van der Waals surface area (Å²) in [4.78, 5) is 16.1. The number of carbonyl (C=O) groups is 1. The van der Waals surface area contributed by atoms with E-state index in [-0.39, 0.29) is 5.97 Å². The normalized spacial score (nSPS) is 10.4. The fraction of sp³-hybridized carbons (Fsp3) is 0.923. The summed E-state index contributed by atoms with van der Waals surface area (Å²) in [6, 6.07) is 0. The van der Waals surface area contributed by atoms with Crippen LogP contribution >= 0.6 is 0 Å². The van der Waals surface area contributed by atoms with Gasteiger partial charge in [-0.3, -0.25) is 4.79 Å². The van der Waals surface area contributed by atoms with Gasteiger partial charge in [-0.25, -0.2) is 0 Å². The smallest absolute Gasteiger partial charge is 0.324 e. The number of hydroxylamine groups is 1. The molecule has 0 aliphatic rings. The molecule has 0 aromatic heterocycles. The van der Waals surface area contributed by atoms with E-state index in [2.05, 4.69) is 19.3 Å². The van der Waals surface area contributed by atoms with Crippen LogP contribution in [0.15, 0.2) is 0 Å². The zero-order valence-electron chi connectivity index (χ0n) is 10.9. The number of carbonyl (C=O) groups excluding carboxylic acids is 1. The van der Waals surface area contributed by atoms with E-state index in [1.807, 2.05) is 0 Å². The van der Waals surface area contributed by atoms with E-state index < -0.39 is 0 Å². The topological polar surface area (TPSA) is 38.3 Å². The van der Waals surface area contributed by atoms with Gasteiger partial charge in [0.25, 0.3) is 0 Å². The molecule has 0 fully saturated rings. The largest absolute Gasteiger partial charge is 0.371 e. The summed E-state index contributed by atoms with van der Waals surface area (Å²) in [5, 5.41) is 0. The van der Waals surface area contributed by atoms with Gasteiger partial charge in [-0.15, -0.1) is 0 Å². The van der Waals surface area contributed by atoms with E-state index >= 15 is 0 Å². The average molecular weight is 229 g/mol. The Hall–Kier alpha value is -0.570. The van der Waals surface area contributed by atoms with Gasteiger partial charge >= 0.3 is 5.97 Å². The third-order valence-corrected chi connectivity index (χ3v) is 2.55. The van der Waals surface area contributed by atoms with Crippen molar-refractivity contribution in [1.29, 1.82) is 0 Å². The molecule has 0 saturated heterocycles. The van der Waals surface area contributed by atoms with Gasteiger partial charge in [0.1, 0.15) is 0 Å². The van der Waals surface area contributed by atoms with Gasteiger partial charge in [0.15, 0.2) is 0 Å². The third-order valence-electron chi connectivity index (χ3n) is 2.55. The minimum Gasteiger partial charge on any atom is -0.371 e. The quantitative estimate of drug-likeness (QED) is 0.434. The molecule has 0 spiro atoms. The van der Waals surface area contributed by atoms with E-state index in [9.17, 15) is 4.79 Å². The molecule has 0 rings (SSSR count). The Labute approximate surface area is 99.9 Å². The van der Waals surface area contributed by atoms with Gasteiger partial charge < -0.3 is 4.84 Å². The molecule has 0 unspecified atom stereocenters. The molecule has 0 aliphatic heterocycles. The number of hydrogen-bond donors (Lipinski definition) is 1. The maximum Gasteiger partial charge on any atom is 0.324 e. The lowest BCUT2D eigenvalue weighted by atomic mass is 10.2. The molecule has 0 aliphatic carbocycles. The van der Waals surface area contributed by atoms with Crippen LogP contribution in [-0.4, -0.2) is 12.5 Å². The number of rotatable bonds is 11. The highest BCUT2D eigenvalue weighted by molar-refractivity contribution is 5.68. The lowest BCUT2D eigenvalue weighted by Gasteiger charge is -2.05. The molecule has 0 aromatic carbocycles. The van der Waals surface area contributed by atoms with Crippen molar-refractivity contribution in [2.75, 3.05) is 6.54 Å². The molecular weight excluding hydrogens is 202 g/mol. The minimum atomic E-state index is -0.119. The lowest BCUT2D eigenvalue weighted by Crippen LogP contribution is -2.20. The summed E-state index contributed by atoms with van der Waals surface area (Å²) in [6.45, 7) is 5.13. The molecule has 3 nitrogen and oxygen atoms in total. The monoisotopic (exact) mass is 229 g/mol. The Morgan fingerprint density at radius 2 is 1.56 bits per heavy atom. The van der Waals surface area contributed by atoms with E-state index in [0.717, 1.165) is 25.8 Å². The first-order chi connectivity index (χ1) is 7.81. The first-order valence-electron chi connectivity index (χ1n) is 6.73. The van der Waals surface area contributed by atoms with Gasteiger partial charge in [0.05, 0.1) is 0 Å². The fourth-order valence-corrected chi connectivity index (χ4v) is 1.50. The Morgan fingerprint density at radius 3 is 2.19 bits per heavy atom. The summed E-state index contributed by atoms with van der Waals surface area (Å²) in [5.74, 6) is -0.119. The van der Waals surface area contributed by atoms with Gasteiger partial charge in [-0.1, -0.05) is 52.4 Å². The second-order valence-corrected chi connectivity index (χ2v) is 4.24. The van der Waals surface area contributed by atoms with Crippen LogP contribution in [0.4, 0.5) is 0 Å². The van der Waals surface area contributed by atoms with E-state index in [4.69, 9.17) is 4.84 Å². The number of hydrogen-bond acceptors (Lipinski definition) is 3. The SMILES string of the molecule is CCCCCCNOC(=O)CCCCCC. The third kappa shape index (κ3) is 11.5. The van der Waals surface area contributed by atoms with Gasteiger partial charge in [0, 0.05) is 13.0 Å². The van der Waals surface area contributed by atoms with Crippen LogP contribution in [0.5, 0.6) is 0 Å². The van der Waals surface area contributed by atoms with Gasteiger partial charge in [-0.2, -0.15) is 5.48 Å². The zero-order valence-corrected chi connectivity index (χ0v) is 10.9. The Bertz CT molecular complexity index is 160. The second-order valence-electron chi connectivity index (χ2n) is 4.24. The van der Waals surface area contributed by atoms with Crippen LogP contribution in [0.1, 0.15) is 71.6 Å². The average Bonchev–Trinajstić information content (AvgIpc) is 2.29. The summed E-state index contributed by atoms with van der Waals surface area (Å²) in [5.41, 5.74) is 2.74. The number of unbranched alkanes of at least 4 members (excludes halogenated alkanes) is 6. The molecule has 0 heterocycles. The van der Waals surface area contributed by atoms with E-state index in [0.29, 0.717) is 6.42 Å². The lowest BCUT2D eigenvalue weighted by molar-refractivity contribution is -0.151. The second kappa shape index (κ2) is 12.5. The Morgan fingerprint density at radius 1 is 0.938 bits per heavy atom. The van der Waals surface area contributed by atoms with Crippen LogP contribution < -0.4 is 5.48 Å². The standard InChI is InChI=1S/C13H27NO2/c1-3-5-7-9-11-13(15)16-14-12-10-8-6-4-2/h14H,3-12H2,1-2H3. The molecule has 0 amide bonds. The first kappa shape index (κ1) is 15.4. The molecule has 0 bridgehead atoms. The first-order valence-corrected chi connectivity index (χ1v) is 6.73. The Balaban J connectivity index is 3.11. The molecule has 96 valence electrons. The van der Waals surface area contributed by atoms with Gasteiger partial charge in [-0.05, 0) is 12.8 Å². The molecule has 3 heteroatoms. The van der Waals surface area contributed by atoms with Gasteiger partial charge in [0.2, 0.25) is 0 Å². The van der Waals surface area contributed by atoms with Crippen molar-refractivity contribution in [3.63, 3.8) is 0 Å². The van der Waals surface area contributed by atoms with Crippen LogP contribution in [0.3, 0.4) is 0 Å². The predicted octanol–water partition coefficient (Wildman–Crippen LogP) is 3.58. The van der Waals surface area contributed by atoms with Crippen LogP contribution in [-0.2, 0) is 9.63 Å². The molecule has 16 heavy (non-hydrogen) atoms. The molecule has 1 N–H and O–H groups in total. The van der Waals surface area contributed by atoms with E-state index in [1.54, 1.807) is 0 Å². The van der Waals surface area contributed by atoms with Crippen molar-refractivity contribution >= 4 is 5.97 Å². The van der Waals surface area contributed by atoms with Crippen molar-refractivity contribution in [2.45, 2.75) is 71.6 Å². The molecular formula is C13H27NO2. The summed E-state index contributed by atoms with van der Waals surface area (Å²) < 4.78 is 0. The van der Waals surface area contributed by atoms with Crippen molar-refractivity contribution < 1.29 is 9.63 Å². The highest BCUT2D eigenvalue weighted by Gasteiger charge is 2.01. The zero-order chi connectivity index (χ0) is 12.1. The number of nitrogens with one attached hydrogen (secondary N) is 1. The van der Waals surface area contributed by atoms with Crippen molar-refractivity contribution in [1.82, 2.24) is 5.48 Å². The van der Waals surface area contributed by atoms with Crippen LogP contribution in [0.25, 0.3) is 0 Å². The molecule has 0 saturated carbocycles. The highest BCUT2D eigenvalue weighted by atomic mass is 16.7. The van der Waals surface area contributed by atoms with Crippen molar-refractivity contribution in [3.05, 3.63) is 0 Å². The van der Waals surface area contributed by atoms with Crippen LogP contribution in [0.2, 0.25) is 0 Å². The predicted molar refractivity (Wildman–Crippen MR) is 67.0 cm³/mol. The van der Waals surface area contributed by atoms with Crippen molar-refractivity contribution in [2.24, 2.45) is 0 Å². The maximum atomic E-state index is 11.2. The van der Waals surface area contributed by atoms with Crippen LogP contribution in [0, 0.1) is 0 Å². The minimum absolute atomic E-state index is 0.119. The molecule has 0 atom stereocenters. The summed E-state index contributed by atoms with van der Waals surface area (Å²) in [6.07, 6.45) is 9.80. The summed E-state index contributed by atoms with van der Waals surface area (Å²) in [7, 11) is 0. The maximum absolute atomic E-state index is 11.2. The molecule has 0 radical (unpaired) electrons. The highest BCUT2D eigenvalue weighted by Crippen LogP contribution is 2.03. The fourth-order valence-electron chi connectivity index (χ4n) is 1.50. The Kier molecular flexibility index (Phi) is 12.1. The van der Waals surface area contributed by atoms with E-state index in [1.165, 1.54) is 32.1 Å². The molecule has 0 aromatic rings.